The third kappa shape index (κ3) is 5.61. The van der Waals surface area contributed by atoms with Crippen LogP contribution in [-0.4, -0.2) is 66.1 Å². The highest BCUT2D eigenvalue weighted by molar-refractivity contribution is 6.00. The lowest BCUT2D eigenvalue weighted by atomic mass is 10.1. The van der Waals surface area contributed by atoms with Gasteiger partial charge in [0.05, 0.1) is 17.7 Å². The molecular formula is C26H30N6O2. The van der Waals surface area contributed by atoms with Crippen LogP contribution in [0.1, 0.15) is 29.8 Å². The Morgan fingerprint density at radius 3 is 2.53 bits per heavy atom. The van der Waals surface area contributed by atoms with Crippen molar-refractivity contribution in [1.82, 2.24) is 20.2 Å². The van der Waals surface area contributed by atoms with E-state index in [0.29, 0.717) is 17.5 Å². The molecule has 0 saturated carbocycles. The molecule has 34 heavy (non-hydrogen) atoms. The van der Waals surface area contributed by atoms with E-state index in [0.717, 1.165) is 48.7 Å². The number of hydrogen-bond acceptors (Lipinski definition) is 7. The molecule has 3 aromatic rings. The fraction of sp³-hybridized carbons (Fsp3) is 0.385. The molecule has 0 aliphatic carbocycles. The molecule has 1 aliphatic rings. The number of hydrogen-bond donors (Lipinski definition) is 1. The monoisotopic (exact) mass is 458 g/mol. The second-order valence-corrected chi connectivity index (χ2v) is 8.89. The van der Waals surface area contributed by atoms with Crippen LogP contribution in [-0.2, 0) is 6.42 Å². The summed E-state index contributed by atoms with van der Waals surface area (Å²) in [6.45, 7) is 7.71. The predicted octanol–water partition coefficient (Wildman–Crippen LogP) is 3.03. The van der Waals surface area contributed by atoms with Crippen molar-refractivity contribution < 1.29 is 9.53 Å². The minimum Gasteiger partial charge on any atom is -0.491 e. The van der Waals surface area contributed by atoms with Gasteiger partial charge in [0.2, 0.25) is 0 Å². The van der Waals surface area contributed by atoms with Crippen LogP contribution < -0.4 is 15.0 Å². The molecule has 0 spiro atoms. The maximum absolute atomic E-state index is 12.9. The second kappa shape index (κ2) is 10.5. The third-order valence-electron chi connectivity index (χ3n) is 5.88. The molecule has 0 radical (unpaired) electrons. The van der Waals surface area contributed by atoms with E-state index < -0.39 is 6.04 Å². The van der Waals surface area contributed by atoms with Gasteiger partial charge in [0.15, 0.2) is 0 Å². The molecule has 1 amide bonds. The van der Waals surface area contributed by atoms with Crippen molar-refractivity contribution in [2.75, 3.05) is 38.1 Å². The standard InChI is InChI=1S/C26H30N6O2/c1-18(2)34-22-7-4-19(5-8-22)14-21(16-27)30-26(33)20-6-9-23-24(15-20)28-17-29-25(23)32-12-10-31(3)11-13-32/h4-9,15,17-18,21H,10-14H2,1-3H3,(H,30,33)/t21-/m0/s1. The predicted molar refractivity (Wildman–Crippen MR) is 132 cm³/mol. The lowest BCUT2D eigenvalue weighted by molar-refractivity contribution is 0.0945. The molecule has 1 saturated heterocycles. The van der Waals surface area contributed by atoms with Crippen molar-refractivity contribution in [2.24, 2.45) is 0 Å². The van der Waals surface area contributed by atoms with Gasteiger partial charge in [-0.3, -0.25) is 4.79 Å². The first kappa shape index (κ1) is 23.5. The molecule has 8 nitrogen and oxygen atoms in total. The summed E-state index contributed by atoms with van der Waals surface area (Å²) in [5.41, 5.74) is 2.13. The summed E-state index contributed by atoms with van der Waals surface area (Å²) < 4.78 is 5.66. The van der Waals surface area contributed by atoms with Gasteiger partial charge in [0.1, 0.15) is 23.9 Å². The van der Waals surface area contributed by atoms with E-state index in [9.17, 15) is 10.1 Å². The Morgan fingerprint density at radius 1 is 1.12 bits per heavy atom. The Bertz CT molecular complexity index is 1180. The number of aromatic nitrogens is 2. The van der Waals surface area contributed by atoms with Gasteiger partial charge in [0, 0.05) is 43.5 Å². The van der Waals surface area contributed by atoms with Crippen LogP contribution in [0.5, 0.6) is 5.75 Å². The summed E-state index contributed by atoms with van der Waals surface area (Å²) in [6, 6.07) is 14.6. The summed E-state index contributed by atoms with van der Waals surface area (Å²) in [6.07, 6.45) is 2.05. The van der Waals surface area contributed by atoms with Crippen LogP contribution in [0.3, 0.4) is 0 Å². The molecular weight excluding hydrogens is 428 g/mol. The normalized spacial score (nSPS) is 15.2. The van der Waals surface area contributed by atoms with Crippen LogP contribution in [0.25, 0.3) is 10.9 Å². The molecule has 2 aromatic carbocycles. The molecule has 1 N–H and O–H groups in total. The quantitative estimate of drug-likeness (QED) is 0.582. The van der Waals surface area contributed by atoms with E-state index >= 15 is 0 Å². The number of nitrogens with one attached hydrogen (secondary N) is 1. The van der Waals surface area contributed by atoms with Crippen LogP contribution in [0.4, 0.5) is 5.82 Å². The van der Waals surface area contributed by atoms with E-state index in [-0.39, 0.29) is 12.0 Å². The Kier molecular flexibility index (Phi) is 7.24. The Hall–Kier alpha value is -3.70. The average molecular weight is 459 g/mol. The van der Waals surface area contributed by atoms with Gasteiger partial charge in [-0.05, 0) is 56.8 Å². The van der Waals surface area contributed by atoms with Gasteiger partial charge in [0.25, 0.3) is 5.91 Å². The molecule has 8 heteroatoms. The Morgan fingerprint density at radius 2 is 1.85 bits per heavy atom. The van der Waals surface area contributed by atoms with Gasteiger partial charge < -0.3 is 19.9 Å². The van der Waals surface area contributed by atoms with E-state index in [1.807, 2.05) is 44.2 Å². The van der Waals surface area contributed by atoms with Gasteiger partial charge in [-0.1, -0.05) is 12.1 Å². The lowest BCUT2D eigenvalue weighted by Gasteiger charge is -2.33. The first-order valence-corrected chi connectivity index (χ1v) is 11.6. The first-order valence-electron chi connectivity index (χ1n) is 11.6. The topological polar surface area (TPSA) is 94.4 Å². The molecule has 1 aliphatic heterocycles. The fourth-order valence-corrected chi connectivity index (χ4v) is 4.04. The highest BCUT2D eigenvalue weighted by Gasteiger charge is 2.19. The summed E-state index contributed by atoms with van der Waals surface area (Å²) in [5, 5.41) is 13.4. The van der Waals surface area contributed by atoms with Crippen molar-refractivity contribution in [3.8, 4) is 11.8 Å². The Balaban J connectivity index is 1.45. The number of nitrogens with zero attached hydrogens (tertiary/aromatic N) is 5. The largest absolute Gasteiger partial charge is 0.491 e. The number of amides is 1. The first-order chi connectivity index (χ1) is 16.4. The van der Waals surface area contributed by atoms with Gasteiger partial charge in [-0.25, -0.2) is 9.97 Å². The molecule has 0 unspecified atom stereocenters. The minimum atomic E-state index is -0.647. The molecule has 1 aromatic heterocycles. The van der Waals surface area contributed by atoms with Crippen molar-refractivity contribution in [1.29, 1.82) is 5.26 Å². The average Bonchev–Trinajstić information content (AvgIpc) is 2.84. The van der Waals surface area contributed by atoms with E-state index in [1.165, 1.54) is 0 Å². The molecule has 1 atom stereocenters. The maximum atomic E-state index is 12.9. The van der Waals surface area contributed by atoms with Crippen molar-refractivity contribution >= 4 is 22.6 Å². The lowest BCUT2D eigenvalue weighted by Crippen LogP contribution is -2.44. The van der Waals surface area contributed by atoms with Crippen molar-refractivity contribution in [3.05, 3.63) is 59.9 Å². The number of ether oxygens (including phenoxy) is 1. The molecule has 176 valence electrons. The Labute approximate surface area is 200 Å². The number of carbonyl (C=O) groups excluding carboxylic acids is 1. The van der Waals surface area contributed by atoms with Crippen LogP contribution in [0.15, 0.2) is 48.8 Å². The van der Waals surface area contributed by atoms with Crippen molar-refractivity contribution in [2.45, 2.75) is 32.4 Å². The summed E-state index contributed by atoms with van der Waals surface area (Å²) >= 11 is 0. The number of nitriles is 1. The zero-order valence-electron chi connectivity index (χ0n) is 19.9. The summed E-state index contributed by atoms with van der Waals surface area (Å²) in [5.74, 6) is 1.38. The van der Waals surface area contributed by atoms with E-state index in [2.05, 4.69) is 38.2 Å². The van der Waals surface area contributed by atoms with Crippen molar-refractivity contribution in [3.63, 3.8) is 0 Å². The molecule has 4 rings (SSSR count). The number of rotatable bonds is 7. The number of carbonyl (C=O) groups is 1. The molecule has 1 fully saturated rings. The van der Waals surface area contributed by atoms with E-state index in [4.69, 9.17) is 4.74 Å². The summed E-state index contributed by atoms with van der Waals surface area (Å²) in [4.78, 5) is 26.3. The SMILES string of the molecule is CC(C)Oc1ccc(C[C@@H](C#N)NC(=O)c2ccc3c(N4CCN(C)CC4)ncnc3c2)cc1. The van der Waals surface area contributed by atoms with Crippen LogP contribution in [0, 0.1) is 11.3 Å². The highest BCUT2D eigenvalue weighted by Crippen LogP contribution is 2.25. The number of anilines is 1. The smallest absolute Gasteiger partial charge is 0.252 e. The number of benzene rings is 2. The minimum absolute atomic E-state index is 0.0989. The van der Waals surface area contributed by atoms with Gasteiger partial charge in [-0.15, -0.1) is 0 Å². The zero-order valence-corrected chi connectivity index (χ0v) is 19.9. The summed E-state index contributed by atoms with van der Waals surface area (Å²) in [7, 11) is 2.12. The maximum Gasteiger partial charge on any atom is 0.252 e. The van der Waals surface area contributed by atoms with E-state index in [1.54, 1.807) is 18.5 Å². The van der Waals surface area contributed by atoms with Gasteiger partial charge in [-0.2, -0.15) is 5.26 Å². The van der Waals surface area contributed by atoms with Crippen LogP contribution >= 0.6 is 0 Å². The second-order valence-electron chi connectivity index (χ2n) is 8.89. The fourth-order valence-electron chi connectivity index (χ4n) is 4.04. The number of piperazine rings is 1. The number of fused-ring (bicyclic) bond motifs is 1. The highest BCUT2D eigenvalue weighted by atomic mass is 16.5. The number of likely N-dealkylation sites (N-methyl/N-ethyl adjacent to an activating group) is 1. The molecule has 0 bridgehead atoms. The van der Waals surface area contributed by atoms with Crippen LogP contribution in [0.2, 0.25) is 0 Å². The molecule has 2 heterocycles. The zero-order chi connectivity index (χ0) is 24.1. The third-order valence-corrected chi connectivity index (χ3v) is 5.88. The van der Waals surface area contributed by atoms with Gasteiger partial charge >= 0.3 is 0 Å².